The fourth-order valence-electron chi connectivity index (χ4n) is 1.58. The molecule has 0 aliphatic heterocycles. The lowest BCUT2D eigenvalue weighted by Crippen LogP contribution is -2.12. The van der Waals surface area contributed by atoms with Gasteiger partial charge < -0.3 is 4.74 Å². The lowest BCUT2D eigenvalue weighted by atomic mass is 10.2. The summed E-state index contributed by atoms with van der Waals surface area (Å²) in [6.45, 7) is 6.76. The molecule has 0 aliphatic carbocycles. The molecule has 0 aromatic carbocycles. The molecule has 0 bridgehead atoms. The topological polar surface area (TPSA) is 61.2 Å². The Kier molecular flexibility index (Phi) is 5.62. The Morgan fingerprint density at radius 3 is 2.67 bits per heavy atom. The van der Waals surface area contributed by atoms with Gasteiger partial charge in [0.2, 0.25) is 0 Å². The Balaban J connectivity index is 3.09. The third-order valence-electron chi connectivity index (χ3n) is 2.72. The molecule has 18 heavy (non-hydrogen) atoms. The molecule has 0 radical (unpaired) electrons. The molecule has 0 spiro atoms. The van der Waals surface area contributed by atoms with Crippen LogP contribution in [0.25, 0.3) is 0 Å². The van der Waals surface area contributed by atoms with E-state index in [0.29, 0.717) is 12.3 Å². The molecule has 0 N–H and O–H groups in total. The van der Waals surface area contributed by atoms with Crippen LogP contribution in [0.1, 0.15) is 45.3 Å². The fraction of sp³-hybridized carbons (Fsp3) is 0.727. The largest absolute Gasteiger partial charge is 0.375 e. The second-order valence-electron chi connectivity index (χ2n) is 4.15. The Bertz CT molecular complexity index is 484. The zero-order valence-electron chi connectivity index (χ0n) is 10.9. The van der Waals surface area contributed by atoms with E-state index in [1.54, 1.807) is 4.68 Å². The van der Waals surface area contributed by atoms with Crippen molar-refractivity contribution in [2.24, 2.45) is 0 Å². The van der Waals surface area contributed by atoms with Crippen molar-refractivity contribution < 1.29 is 13.2 Å². The number of nitrogens with zero attached hydrogens (tertiary/aromatic N) is 2. The summed E-state index contributed by atoms with van der Waals surface area (Å²) < 4.78 is 30.0. The average Bonchev–Trinajstić information content (AvgIpc) is 2.72. The molecule has 0 amide bonds. The number of ether oxygens (including phenoxy) is 1. The fourth-order valence-corrected chi connectivity index (χ4v) is 2.57. The van der Waals surface area contributed by atoms with Crippen molar-refractivity contribution in [2.75, 3.05) is 6.61 Å². The van der Waals surface area contributed by atoms with Crippen molar-refractivity contribution in [3.63, 3.8) is 0 Å². The third-order valence-corrected chi connectivity index (χ3v) is 4.08. The standard InChI is InChI=1S/C11H19ClN2O3S/c1-4-6-17-8-10-11(18(12,15)16)7-13-14(10)9(3)5-2/h7,9H,4-6,8H2,1-3H3. The highest BCUT2D eigenvalue weighted by molar-refractivity contribution is 8.13. The summed E-state index contributed by atoms with van der Waals surface area (Å²) in [7, 11) is 1.62. The van der Waals surface area contributed by atoms with Crippen LogP contribution >= 0.6 is 10.7 Å². The molecule has 0 fully saturated rings. The van der Waals surface area contributed by atoms with Crippen LogP contribution < -0.4 is 0 Å². The van der Waals surface area contributed by atoms with Gasteiger partial charge in [0.05, 0.1) is 18.5 Å². The minimum absolute atomic E-state index is 0.0422. The van der Waals surface area contributed by atoms with Gasteiger partial charge in [0.25, 0.3) is 9.05 Å². The van der Waals surface area contributed by atoms with Crippen LogP contribution in [0.3, 0.4) is 0 Å². The summed E-state index contributed by atoms with van der Waals surface area (Å²) in [5, 5.41) is 4.11. The van der Waals surface area contributed by atoms with Crippen LogP contribution in [0, 0.1) is 0 Å². The van der Waals surface area contributed by atoms with Gasteiger partial charge in [0.1, 0.15) is 4.90 Å². The summed E-state index contributed by atoms with van der Waals surface area (Å²) in [6.07, 6.45) is 3.02. The van der Waals surface area contributed by atoms with Gasteiger partial charge in [-0.15, -0.1) is 0 Å². The Labute approximate surface area is 113 Å². The van der Waals surface area contributed by atoms with Crippen molar-refractivity contribution in [3.05, 3.63) is 11.9 Å². The van der Waals surface area contributed by atoms with Gasteiger partial charge >= 0.3 is 0 Å². The second-order valence-corrected chi connectivity index (χ2v) is 6.68. The molecular formula is C11H19ClN2O3S. The maximum Gasteiger partial charge on any atom is 0.264 e. The highest BCUT2D eigenvalue weighted by Crippen LogP contribution is 2.24. The molecule has 104 valence electrons. The number of halogens is 1. The summed E-state index contributed by atoms with van der Waals surface area (Å²) in [5.41, 5.74) is 0.521. The second kappa shape index (κ2) is 6.54. The van der Waals surface area contributed by atoms with Gasteiger partial charge in [-0.1, -0.05) is 13.8 Å². The van der Waals surface area contributed by atoms with E-state index in [4.69, 9.17) is 15.4 Å². The Morgan fingerprint density at radius 2 is 2.17 bits per heavy atom. The molecule has 1 aromatic heterocycles. The van der Waals surface area contributed by atoms with Gasteiger partial charge in [-0.3, -0.25) is 4.68 Å². The molecule has 7 heteroatoms. The smallest absolute Gasteiger partial charge is 0.264 e. The highest BCUT2D eigenvalue weighted by atomic mass is 35.7. The van der Waals surface area contributed by atoms with Gasteiger partial charge in [-0.25, -0.2) is 8.42 Å². The summed E-state index contributed by atoms with van der Waals surface area (Å²) >= 11 is 0. The van der Waals surface area contributed by atoms with E-state index in [9.17, 15) is 8.42 Å². The average molecular weight is 295 g/mol. The van der Waals surface area contributed by atoms with Crippen LogP contribution in [0.2, 0.25) is 0 Å². The quantitative estimate of drug-likeness (QED) is 0.573. The lowest BCUT2D eigenvalue weighted by molar-refractivity contribution is 0.112. The maximum absolute atomic E-state index is 11.5. The molecule has 5 nitrogen and oxygen atoms in total. The van der Waals surface area contributed by atoms with E-state index >= 15 is 0 Å². The van der Waals surface area contributed by atoms with Gasteiger partial charge in [0, 0.05) is 23.3 Å². The molecule has 1 unspecified atom stereocenters. The minimum atomic E-state index is -3.78. The van der Waals surface area contributed by atoms with Gasteiger partial charge in [0.15, 0.2) is 0 Å². The minimum Gasteiger partial charge on any atom is -0.375 e. The van der Waals surface area contributed by atoms with Crippen molar-refractivity contribution in [1.82, 2.24) is 9.78 Å². The first kappa shape index (κ1) is 15.5. The summed E-state index contributed by atoms with van der Waals surface area (Å²) in [5.74, 6) is 0. The zero-order chi connectivity index (χ0) is 13.8. The number of hydrogen-bond donors (Lipinski definition) is 0. The maximum atomic E-state index is 11.5. The predicted molar refractivity (Wildman–Crippen MR) is 70.2 cm³/mol. The van der Waals surface area contributed by atoms with E-state index in [1.165, 1.54) is 6.20 Å². The molecule has 1 atom stereocenters. The van der Waals surface area contributed by atoms with Gasteiger partial charge in [-0.2, -0.15) is 5.10 Å². The Morgan fingerprint density at radius 1 is 1.50 bits per heavy atom. The molecular weight excluding hydrogens is 276 g/mol. The number of rotatable bonds is 7. The van der Waals surface area contributed by atoms with Crippen LogP contribution in [-0.2, 0) is 20.4 Å². The first-order valence-electron chi connectivity index (χ1n) is 6.00. The van der Waals surface area contributed by atoms with Crippen LogP contribution in [0.5, 0.6) is 0 Å². The van der Waals surface area contributed by atoms with Crippen LogP contribution in [-0.4, -0.2) is 24.8 Å². The predicted octanol–water partition coefficient (Wildman–Crippen LogP) is 2.71. The molecule has 1 aromatic rings. The van der Waals surface area contributed by atoms with E-state index in [1.807, 2.05) is 20.8 Å². The van der Waals surface area contributed by atoms with E-state index in [2.05, 4.69) is 5.10 Å². The van der Waals surface area contributed by atoms with Crippen LogP contribution in [0.15, 0.2) is 11.1 Å². The van der Waals surface area contributed by atoms with Crippen molar-refractivity contribution in [2.45, 2.75) is 51.2 Å². The van der Waals surface area contributed by atoms with Crippen LogP contribution in [0.4, 0.5) is 0 Å². The number of aromatic nitrogens is 2. The first-order chi connectivity index (χ1) is 8.41. The normalized spacial score (nSPS) is 13.8. The van der Waals surface area contributed by atoms with E-state index in [0.717, 1.165) is 12.8 Å². The van der Waals surface area contributed by atoms with Crippen molar-refractivity contribution in [1.29, 1.82) is 0 Å². The highest BCUT2D eigenvalue weighted by Gasteiger charge is 2.22. The van der Waals surface area contributed by atoms with E-state index < -0.39 is 9.05 Å². The van der Waals surface area contributed by atoms with E-state index in [-0.39, 0.29) is 17.5 Å². The number of hydrogen-bond acceptors (Lipinski definition) is 4. The monoisotopic (exact) mass is 294 g/mol. The molecule has 1 heterocycles. The van der Waals surface area contributed by atoms with Gasteiger partial charge in [-0.05, 0) is 19.8 Å². The molecule has 1 rings (SSSR count). The summed E-state index contributed by atoms with van der Waals surface area (Å²) in [4.78, 5) is 0.0422. The Hall–Kier alpha value is -0.590. The molecule has 0 saturated carbocycles. The van der Waals surface area contributed by atoms with Crippen molar-refractivity contribution >= 4 is 19.7 Å². The molecule has 0 aliphatic rings. The zero-order valence-corrected chi connectivity index (χ0v) is 12.5. The third kappa shape index (κ3) is 3.70. The SMILES string of the molecule is CCCOCc1c(S(=O)(=O)Cl)cnn1C(C)CC. The summed E-state index contributed by atoms with van der Waals surface area (Å²) in [6, 6.07) is 0.109. The van der Waals surface area contributed by atoms with Crippen molar-refractivity contribution in [3.8, 4) is 0 Å². The lowest BCUT2D eigenvalue weighted by Gasteiger charge is -2.14. The molecule has 0 saturated heterocycles. The first-order valence-corrected chi connectivity index (χ1v) is 8.31.